The maximum atomic E-state index is 11.7. The molecule has 1 unspecified atom stereocenters. The Balaban J connectivity index is 2.34. The maximum absolute atomic E-state index is 11.7. The van der Waals surface area contributed by atoms with Gasteiger partial charge in [-0.05, 0) is 37.0 Å². The fourth-order valence-corrected chi connectivity index (χ4v) is 1.87. The second-order valence-corrected chi connectivity index (χ2v) is 5.20. The molecule has 0 spiro atoms. The van der Waals surface area contributed by atoms with Gasteiger partial charge in [0, 0.05) is 12.2 Å². The molecule has 1 aromatic carbocycles. The second-order valence-electron chi connectivity index (χ2n) is 5.20. The van der Waals surface area contributed by atoms with Crippen LogP contribution in [0.4, 0.5) is 5.69 Å². The summed E-state index contributed by atoms with van der Waals surface area (Å²) in [6.07, 6.45) is 1.06. The summed E-state index contributed by atoms with van der Waals surface area (Å²) in [5, 5.41) is 2.80. The van der Waals surface area contributed by atoms with Crippen LogP contribution in [0.15, 0.2) is 24.3 Å². The van der Waals surface area contributed by atoms with Crippen molar-refractivity contribution in [3.05, 3.63) is 29.8 Å². The molecule has 1 rings (SSSR count). The molecule has 0 aromatic heterocycles. The molecule has 0 aliphatic heterocycles. The lowest BCUT2D eigenvalue weighted by Crippen LogP contribution is -2.22. The lowest BCUT2D eigenvalue weighted by molar-refractivity contribution is -0.122. The minimum Gasteiger partial charge on any atom is -0.369 e. The first-order chi connectivity index (χ1) is 9.01. The van der Waals surface area contributed by atoms with Gasteiger partial charge in [0.05, 0.1) is 6.10 Å². The topological polar surface area (TPSA) is 64.3 Å². The summed E-state index contributed by atoms with van der Waals surface area (Å²) in [5.74, 6) is 0.443. The van der Waals surface area contributed by atoms with Crippen molar-refractivity contribution in [2.24, 2.45) is 11.7 Å². The van der Waals surface area contributed by atoms with Crippen molar-refractivity contribution in [3.63, 3.8) is 0 Å². The summed E-state index contributed by atoms with van der Waals surface area (Å²) < 4.78 is 5.50. The van der Waals surface area contributed by atoms with E-state index < -0.39 is 0 Å². The van der Waals surface area contributed by atoms with Crippen LogP contribution < -0.4 is 11.1 Å². The molecule has 1 atom stereocenters. The highest BCUT2D eigenvalue weighted by atomic mass is 16.5. The number of anilines is 1. The highest BCUT2D eigenvalue weighted by molar-refractivity contribution is 5.91. The molecule has 106 valence electrons. The number of hydrogen-bond acceptors (Lipinski definition) is 3. The zero-order chi connectivity index (χ0) is 14.3. The number of carbonyl (C=O) groups excluding carboxylic acids is 1. The van der Waals surface area contributed by atoms with Gasteiger partial charge in [0.1, 0.15) is 6.61 Å². The summed E-state index contributed by atoms with van der Waals surface area (Å²) in [5.41, 5.74) is 7.32. The number of ether oxygens (including phenoxy) is 1. The van der Waals surface area contributed by atoms with Gasteiger partial charge in [-0.3, -0.25) is 4.79 Å². The molecule has 0 saturated heterocycles. The van der Waals surface area contributed by atoms with Crippen LogP contribution >= 0.6 is 0 Å². The summed E-state index contributed by atoms with van der Waals surface area (Å²) in [6, 6.07) is 7.49. The first-order valence-corrected chi connectivity index (χ1v) is 6.71. The van der Waals surface area contributed by atoms with Gasteiger partial charge in [-0.1, -0.05) is 26.0 Å². The standard InChI is InChI=1S/C15H24N2O2/c1-11(2)8-12(3)19-10-15(18)17-14-6-4-13(9-16)5-7-14/h4-7,11-12H,8-10,16H2,1-3H3,(H,17,18). The molecule has 0 saturated carbocycles. The normalized spacial score (nSPS) is 12.5. The Labute approximate surface area is 115 Å². The monoisotopic (exact) mass is 264 g/mol. The number of nitrogens with one attached hydrogen (secondary N) is 1. The SMILES string of the molecule is CC(C)CC(C)OCC(=O)Nc1ccc(CN)cc1. The first kappa shape index (κ1) is 15.7. The number of carbonyl (C=O) groups is 1. The quantitative estimate of drug-likeness (QED) is 0.795. The molecule has 0 radical (unpaired) electrons. The van der Waals surface area contributed by atoms with E-state index in [1.807, 2.05) is 31.2 Å². The van der Waals surface area contributed by atoms with Gasteiger partial charge in [0.15, 0.2) is 0 Å². The number of nitrogens with two attached hydrogens (primary N) is 1. The van der Waals surface area contributed by atoms with Crippen molar-refractivity contribution in [1.82, 2.24) is 0 Å². The Hall–Kier alpha value is -1.39. The zero-order valence-corrected chi connectivity index (χ0v) is 12.0. The van der Waals surface area contributed by atoms with E-state index in [4.69, 9.17) is 10.5 Å². The maximum Gasteiger partial charge on any atom is 0.250 e. The van der Waals surface area contributed by atoms with E-state index in [9.17, 15) is 4.79 Å². The average Bonchev–Trinajstić information content (AvgIpc) is 2.36. The molecule has 0 fully saturated rings. The fraction of sp³-hybridized carbons (Fsp3) is 0.533. The summed E-state index contributed by atoms with van der Waals surface area (Å²) in [4.78, 5) is 11.7. The van der Waals surface area contributed by atoms with E-state index in [1.165, 1.54) is 0 Å². The number of amides is 1. The predicted molar refractivity (Wildman–Crippen MR) is 77.8 cm³/mol. The molecule has 19 heavy (non-hydrogen) atoms. The largest absolute Gasteiger partial charge is 0.369 e. The zero-order valence-electron chi connectivity index (χ0n) is 12.0. The van der Waals surface area contributed by atoms with Crippen LogP contribution in [0, 0.1) is 5.92 Å². The highest BCUT2D eigenvalue weighted by Crippen LogP contribution is 2.10. The van der Waals surface area contributed by atoms with E-state index in [2.05, 4.69) is 19.2 Å². The first-order valence-electron chi connectivity index (χ1n) is 6.71. The van der Waals surface area contributed by atoms with Crippen LogP contribution in [-0.4, -0.2) is 18.6 Å². The summed E-state index contributed by atoms with van der Waals surface area (Å²) in [7, 11) is 0. The van der Waals surface area contributed by atoms with Gasteiger partial charge in [0.2, 0.25) is 5.91 Å². The molecule has 4 nitrogen and oxygen atoms in total. The fourth-order valence-electron chi connectivity index (χ4n) is 1.87. The molecular weight excluding hydrogens is 240 g/mol. The van der Waals surface area contributed by atoms with E-state index in [-0.39, 0.29) is 18.6 Å². The predicted octanol–water partition coefficient (Wildman–Crippen LogP) is 2.54. The Kier molecular flexibility index (Phi) is 6.53. The molecule has 0 heterocycles. The van der Waals surface area contributed by atoms with Gasteiger partial charge < -0.3 is 15.8 Å². The molecule has 4 heteroatoms. The van der Waals surface area contributed by atoms with Crippen molar-refractivity contribution in [2.45, 2.75) is 39.8 Å². The van der Waals surface area contributed by atoms with Crippen LogP contribution in [0.2, 0.25) is 0 Å². The van der Waals surface area contributed by atoms with Crippen LogP contribution in [-0.2, 0) is 16.1 Å². The van der Waals surface area contributed by atoms with Gasteiger partial charge in [-0.2, -0.15) is 0 Å². The van der Waals surface area contributed by atoms with Crippen LogP contribution in [0.3, 0.4) is 0 Å². The van der Waals surface area contributed by atoms with Crippen LogP contribution in [0.25, 0.3) is 0 Å². The molecular formula is C15H24N2O2. The smallest absolute Gasteiger partial charge is 0.250 e. The second kappa shape index (κ2) is 7.92. The number of benzene rings is 1. The van der Waals surface area contributed by atoms with E-state index >= 15 is 0 Å². The van der Waals surface area contributed by atoms with E-state index in [0.29, 0.717) is 12.5 Å². The minimum atomic E-state index is -0.129. The number of rotatable bonds is 7. The Morgan fingerprint density at radius 1 is 1.26 bits per heavy atom. The van der Waals surface area contributed by atoms with Gasteiger partial charge in [-0.25, -0.2) is 0 Å². The number of hydrogen-bond donors (Lipinski definition) is 2. The summed E-state index contributed by atoms with van der Waals surface area (Å²) >= 11 is 0. The molecule has 3 N–H and O–H groups in total. The Morgan fingerprint density at radius 2 is 1.89 bits per heavy atom. The van der Waals surface area contributed by atoms with Crippen molar-refractivity contribution >= 4 is 11.6 Å². The van der Waals surface area contributed by atoms with Crippen LogP contribution in [0.5, 0.6) is 0 Å². The minimum absolute atomic E-state index is 0.0898. The van der Waals surface area contributed by atoms with Crippen molar-refractivity contribution in [2.75, 3.05) is 11.9 Å². The Morgan fingerprint density at radius 3 is 2.42 bits per heavy atom. The molecule has 0 aliphatic rings. The lowest BCUT2D eigenvalue weighted by atomic mass is 10.1. The Bertz CT molecular complexity index is 388. The third kappa shape index (κ3) is 6.36. The van der Waals surface area contributed by atoms with E-state index in [1.54, 1.807) is 0 Å². The third-order valence-corrected chi connectivity index (χ3v) is 2.78. The van der Waals surface area contributed by atoms with Gasteiger partial charge in [-0.15, -0.1) is 0 Å². The summed E-state index contributed by atoms with van der Waals surface area (Å²) in [6.45, 7) is 6.86. The molecule has 0 bridgehead atoms. The molecule has 1 amide bonds. The third-order valence-electron chi connectivity index (χ3n) is 2.78. The lowest BCUT2D eigenvalue weighted by Gasteiger charge is -2.15. The molecule has 1 aromatic rings. The molecule has 0 aliphatic carbocycles. The van der Waals surface area contributed by atoms with E-state index in [0.717, 1.165) is 17.7 Å². The van der Waals surface area contributed by atoms with Gasteiger partial charge in [0.25, 0.3) is 0 Å². The van der Waals surface area contributed by atoms with Crippen LogP contribution in [0.1, 0.15) is 32.8 Å². The van der Waals surface area contributed by atoms with Gasteiger partial charge >= 0.3 is 0 Å². The average molecular weight is 264 g/mol. The van der Waals surface area contributed by atoms with Crippen molar-refractivity contribution in [3.8, 4) is 0 Å². The van der Waals surface area contributed by atoms with Crippen molar-refractivity contribution < 1.29 is 9.53 Å². The highest BCUT2D eigenvalue weighted by Gasteiger charge is 2.08. The van der Waals surface area contributed by atoms with Crippen molar-refractivity contribution in [1.29, 1.82) is 0 Å².